The average molecular weight is 316 g/mol. The van der Waals surface area contributed by atoms with E-state index >= 15 is 0 Å². The number of benzene rings is 1. The van der Waals surface area contributed by atoms with Crippen LogP contribution in [0.5, 0.6) is 5.75 Å². The molecule has 0 unspecified atom stereocenters. The summed E-state index contributed by atoms with van der Waals surface area (Å²) in [5, 5.41) is 7.41. The van der Waals surface area contributed by atoms with Gasteiger partial charge in [0.05, 0.1) is 25.1 Å². The summed E-state index contributed by atoms with van der Waals surface area (Å²) in [4.78, 5) is 16.3. The highest BCUT2D eigenvalue weighted by atomic mass is 19.1. The van der Waals surface area contributed by atoms with Gasteiger partial charge < -0.3 is 14.5 Å². The third kappa shape index (κ3) is 3.23. The Morgan fingerprint density at radius 3 is 2.61 bits per heavy atom. The van der Waals surface area contributed by atoms with E-state index in [1.54, 1.807) is 23.1 Å². The fourth-order valence-electron chi connectivity index (χ4n) is 2.61. The number of carbonyl (C=O) groups excluding carboxylic acids is 1. The summed E-state index contributed by atoms with van der Waals surface area (Å²) < 4.78 is 18.5. The minimum Gasteiger partial charge on any atom is -0.494 e. The molecule has 23 heavy (non-hydrogen) atoms. The topological polar surface area (TPSA) is 58.6 Å². The van der Waals surface area contributed by atoms with Crippen molar-refractivity contribution in [2.45, 2.75) is 0 Å². The molecule has 120 valence electrons. The Balaban J connectivity index is 1.65. The smallest absolute Gasteiger partial charge is 0.255 e. The van der Waals surface area contributed by atoms with Gasteiger partial charge in [-0.2, -0.15) is 10.2 Å². The first-order chi connectivity index (χ1) is 11.2. The van der Waals surface area contributed by atoms with Crippen molar-refractivity contribution in [3.8, 4) is 5.75 Å². The molecule has 0 radical (unpaired) electrons. The number of aromatic nitrogens is 2. The van der Waals surface area contributed by atoms with Gasteiger partial charge in [-0.15, -0.1) is 0 Å². The van der Waals surface area contributed by atoms with Crippen LogP contribution in [0.4, 0.5) is 10.1 Å². The van der Waals surface area contributed by atoms with Gasteiger partial charge in [-0.3, -0.25) is 4.79 Å². The zero-order valence-corrected chi connectivity index (χ0v) is 12.8. The molecule has 6 nitrogen and oxygen atoms in total. The molecule has 0 bridgehead atoms. The standard InChI is InChI=1S/C16H17FN4O2/c1-23-15-10-13(2-3-14(15)17)20-6-8-21(9-7-20)16(22)12-4-5-18-19-11-12/h2-5,10-11H,6-9H2,1H3. The van der Waals surface area contributed by atoms with Crippen molar-refractivity contribution in [2.75, 3.05) is 38.2 Å². The van der Waals surface area contributed by atoms with Crippen LogP contribution in [0.15, 0.2) is 36.7 Å². The van der Waals surface area contributed by atoms with Gasteiger partial charge in [-0.1, -0.05) is 0 Å². The molecule has 3 rings (SSSR count). The van der Waals surface area contributed by atoms with Crippen molar-refractivity contribution >= 4 is 11.6 Å². The molecular formula is C16H17FN4O2. The molecule has 1 saturated heterocycles. The van der Waals surface area contributed by atoms with Gasteiger partial charge in [0.2, 0.25) is 0 Å². The van der Waals surface area contributed by atoms with E-state index < -0.39 is 0 Å². The van der Waals surface area contributed by atoms with Crippen LogP contribution in [0.2, 0.25) is 0 Å². The Bertz CT molecular complexity index is 688. The SMILES string of the molecule is COc1cc(N2CCN(C(=O)c3ccnnc3)CC2)ccc1F. The van der Waals surface area contributed by atoms with Crippen LogP contribution in [0.25, 0.3) is 0 Å². The van der Waals surface area contributed by atoms with Crippen LogP contribution in [0.3, 0.4) is 0 Å². The molecule has 0 N–H and O–H groups in total. The maximum absolute atomic E-state index is 13.5. The first-order valence-electron chi connectivity index (χ1n) is 7.33. The van der Waals surface area contributed by atoms with Crippen molar-refractivity contribution in [1.82, 2.24) is 15.1 Å². The predicted octanol–water partition coefficient (Wildman–Crippen LogP) is 1.59. The Labute approximate surface area is 133 Å². The Kier molecular flexibility index (Phi) is 4.36. The summed E-state index contributed by atoms with van der Waals surface area (Å²) in [5.41, 5.74) is 1.43. The number of anilines is 1. The number of hydrogen-bond donors (Lipinski definition) is 0. The van der Waals surface area contributed by atoms with Crippen molar-refractivity contribution in [1.29, 1.82) is 0 Å². The molecular weight excluding hydrogens is 299 g/mol. The van der Waals surface area contributed by atoms with Gasteiger partial charge in [-0.05, 0) is 18.2 Å². The Morgan fingerprint density at radius 2 is 1.96 bits per heavy atom. The van der Waals surface area contributed by atoms with E-state index in [9.17, 15) is 9.18 Å². The lowest BCUT2D eigenvalue weighted by molar-refractivity contribution is 0.0746. The maximum Gasteiger partial charge on any atom is 0.255 e. The second kappa shape index (κ2) is 6.60. The normalized spacial score (nSPS) is 14.7. The summed E-state index contributed by atoms with van der Waals surface area (Å²) in [6, 6.07) is 6.46. The average Bonchev–Trinajstić information content (AvgIpc) is 2.62. The van der Waals surface area contributed by atoms with Gasteiger partial charge in [0.1, 0.15) is 0 Å². The van der Waals surface area contributed by atoms with Gasteiger partial charge in [-0.25, -0.2) is 4.39 Å². The molecule has 1 aliphatic rings. The van der Waals surface area contributed by atoms with Crippen LogP contribution in [-0.4, -0.2) is 54.3 Å². The van der Waals surface area contributed by atoms with E-state index in [2.05, 4.69) is 15.1 Å². The predicted molar refractivity (Wildman–Crippen MR) is 83.1 cm³/mol. The highest BCUT2D eigenvalue weighted by molar-refractivity contribution is 5.93. The Hall–Kier alpha value is -2.70. The Morgan fingerprint density at radius 1 is 1.17 bits per heavy atom. The lowest BCUT2D eigenvalue weighted by Gasteiger charge is -2.36. The molecule has 0 atom stereocenters. The number of piperazine rings is 1. The molecule has 1 aliphatic heterocycles. The van der Waals surface area contributed by atoms with Crippen molar-refractivity contribution < 1.29 is 13.9 Å². The van der Waals surface area contributed by atoms with E-state index in [0.29, 0.717) is 31.7 Å². The molecule has 2 aromatic rings. The van der Waals surface area contributed by atoms with Crippen molar-refractivity contribution in [2.24, 2.45) is 0 Å². The number of hydrogen-bond acceptors (Lipinski definition) is 5. The van der Waals surface area contributed by atoms with Crippen LogP contribution < -0.4 is 9.64 Å². The largest absolute Gasteiger partial charge is 0.494 e. The molecule has 1 fully saturated rings. The number of ether oxygens (including phenoxy) is 1. The summed E-state index contributed by atoms with van der Waals surface area (Å²) >= 11 is 0. The first-order valence-corrected chi connectivity index (χ1v) is 7.33. The molecule has 0 aliphatic carbocycles. The lowest BCUT2D eigenvalue weighted by atomic mass is 10.2. The summed E-state index contributed by atoms with van der Waals surface area (Å²) in [6.07, 6.45) is 2.98. The number of halogens is 1. The van der Waals surface area contributed by atoms with Crippen LogP contribution in [-0.2, 0) is 0 Å². The molecule has 7 heteroatoms. The zero-order chi connectivity index (χ0) is 16.2. The highest BCUT2D eigenvalue weighted by Crippen LogP contribution is 2.25. The minimum absolute atomic E-state index is 0.0452. The fraction of sp³-hybridized carbons (Fsp3) is 0.312. The summed E-state index contributed by atoms with van der Waals surface area (Å²) in [6.45, 7) is 2.56. The molecule has 2 heterocycles. The quantitative estimate of drug-likeness (QED) is 0.860. The first kappa shape index (κ1) is 15.2. The number of carbonyl (C=O) groups is 1. The third-order valence-corrected chi connectivity index (χ3v) is 3.90. The maximum atomic E-state index is 13.5. The van der Waals surface area contributed by atoms with Crippen molar-refractivity contribution in [3.63, 3.8) is 0 Å². The van der Waals surface area contributed by atoms with Gasteiger partial charge in [0.25, 0.3) is 5.91 Å². The number of rotatable bonds is 3. The molecule has 1 aromatic carbocycles. The summed E-state index contributed by atoms with van der Waals surface area (Å²) in [5.74, 6) is -0.199. The fourth-order valence-corrected chi connectivity index (χ4v) is 2.61. The van der Waals surface area contributed by atoms with E-state index in [-0.39, 0.29) is 17.5 Å². The van der Waals surface area contributed by atoms with E-state index in [4.69, 9.17) is 4.74 Å². The van der Waals surface area contributed by atoms with E-state index in [1.165, 1.54) is 25.6 Å². The number of amides is 1. The van der Waals surface area contributed by atoms with Gasteiger partial charge in [0, 0.05) is 37.9 Å². The number of nitrogens with zero attached hydrogens (tertiary/aromatic N) is 4. The molecule has 1 amide bonds. The minimum atomic E-state index is -0.379. The van der Waals surface area contributed by atoms with Gasteiger partial charge >= 0.3 is 0 Å². The second-order valence-corrected chi connectivity index (χ2v) is 5.23. The van der Waals surface area contributed by atoms with Gasteiger partial charge in [0.15, 0.2) is 11.6 Å². The molecule has 0 spiro atoms. The molecule has 1 aromatic heterocycles. The van der Waals surface area contributed by atoms with Crippen LogP contribution >= 0.6 is 0 Å². The highest BCUT2D eigenvalue weighted by Gasteiger charge is 2.23. The second-order valence-electron chi connectivity index (χ2n) is 5.23. The third-order valence-electron chi connectivity index (χ3n) is 3.90. The molecule has 0 saturated carbocycles. The summed E-state index contributed by atoms with van der Waals surface area (Å²) in [7, 11) is 1.45. The van der Waals surface area contributed by atoms with Crippen LogP contribution in [0, 0.1) is 5.82 Å². The lowest BCUT2D eigenvalue weighted by Crippen LogP contribution is -2.48. The number of methoxy groups -OCH3 is 1. The monoisotopic (exact) mass is 316 g/mol. The van der Waals surface area contributed by atoms with E-state index in [0.717, 1.165) is 5.69 Å². The van der Waals surface area contributed by atoms with E-state index in [1.807, 2.05) is 0 Å². The zero-order valence-electron chi connectivity index (χ0n) is 12.8. The van der Waals surface area contributed by atoms with Crippen molar-refractivity contribution in [3.05, 3.63) is 48.0 Å². The van der Waals surface area contributed by atoms with Crippen LogP contribution in [0.1, 0.15) is 10.4 Å².